The van der Waals surface area contributed by atoms with Crippen LogP contribution in [-0.4, -0.2) is 113 Å². The lowest BCUT2D eigenvalue weighted by Gasteiger charge is -2.55. The van der Waals surface area contributed by atoms with Gasteiger partial charge in [-0.05, 0) is 88.0 Å². The third-order valence-corrected chi connectivity index (χ3v) is 11.7. The van der Waals surface area contributed by atoms with Gasteiger partial charge >= 0.3 is 0 Å². The molecule has 0 radical (unpaired) electrons. The molecule has 232 valence electrons. The predicted molar refractivity (Wildman–Crippen MR) is 151 cm³/mol. The number of carbonyl (C=O) groups is 2. The highest BCUT2D eigenvalue weighted by Gasteiger charge is 2.64. The molecular weight excluding hydrogens is 526 g/mol. The fraction of sp³-hybridized carbons (Fsp3) is 0.935. The van der Waals surface area contributed by atoms with Crippen LogP contribution in [0, 0.1) is 29.6 Å². The van der Waals surface area contributed by atoms with Crippen LogP contribution in [0.3, 0.4) is 0 Å². The first-order valence-corrected chi connectivity index (χ1v) is 16.0. The van der Waals surface area contributed by atoms with Crippen molar-refractivity contribution in [2.24, 2.45) is 29.6 Å². The highest BCUT2D eigenvalue weighted by atomic mass is 16.5. The minimum Gasteiger partial charge on any atom is -0.379 e. The Balaban J connectivity index is 1.05. The van der Waals surface area contributed by atoms with Gasteiger partial charge in [0.1, 0.15) is 6.61 Å². The number of methoxy groups -OCH3 is 4. The Morgan fingerprint density at radius 3 is 2.39 bits per heavy atom. The summed E-state index contributed by atoms with van der Waals surface area (Å²) in [6.07, 6.45) is 8.72. The van der Waals surface area contributed by atoms with Crippen LogP contribution in [0.5, 0.6) is 0 Å². The van der Waals surface area contributed by atoms with Crippen LogP contribution in [0.25, 0.3) is 0 Å². The number of rotatable bonds is 9. The number of carbonyl (C=O) groups excluding carboxylic acids is 2. The van der Waals surface area contributed by atoms with E-state index < -0.39 is 0 Å². The average Bonchev–Trinajstić information content (AvgIpc) is 3.35. The van der Waals surface area contributed by atoms with E-state index in [1.54, 1.807) is 28.4 Å². The van der Waals surface area contributed by atoms with E-state index in [9.17, 15) is 9.59 Å². The molecule has 3 saturated heterocycles. The summed E-state index contributed by atoms with van der Waals surface area (Å²) >= 11 is 0. The zero-order valence-corrected chi connectivity index (χ0v) is 25.3. The van der Waals surface area contributed by atoms with Crippen LogP contribution in [-0.2, 0) is 33.3 Å². The molecule has 10 nitrogen and oxygen atoms in total. The van der Waals surface area contributed by atoms with Crippen molar-refractivity contribution in [2.75, 3.05) is 48.1 Å². The zero-order valence-electron chi connectivity index (χ0n) is 25.3. The number of piperidine rings is 2. The molecule has 13 unspecified atom stereocenters. The van der Waals surface area contributed by atoms with Crippen LogP contribution < -0.4 is 10.6 Å². The molecule has 0 aromatic rings. The lowest BCUT2D eigenvalue weighted by Crippen LogP contribution is -2.70. The lowest BCUT2D eigenvalue weighted by molar-refractivity contribution is -0.175. The summed E-state index contributed by atoms with van der Waals surface area (Å²) in [5.41, 5.74) is 0. The van der Waals surface area contributed by atoms with Gasteiger partial charge in [-0.3, -0.25) is 9.59 Å². The van der Waals surface area contributed by atoms with E-state index in [0.29, 0.717) is 36.3 Å². The summed E-state index contributed by atoms with van der Waals surface area (Å²) in [7, 11) is 6.93. The van der Waals surface area contributed by atoms with Crippen molar-refractivity contribution < 1.29 is 33.3 Å². The second-order valence-electron chi connectivity index (χ2n) is 13.4. The SMILES string of the molecule is COC1CCC(CNC(=O)COC2CCC3C(C2)C2CCNC4C5CCC(OC)C(OC)C5C(=O)N3C24)CC1OC. The first kappa shape index (κ1) is 29.8. The van der Waals surface area contributed by atoms with E-state index in [4.69, 9.17) is 23.7 Å². The lowest BCUT2D eigenvalue weighted by atomic mass is 9.64. The Morgan fingerprint density at radius 2 is 1.63 bits per heavy atom. The normalized spacial score (nSPS) is 45.5. The van der Waals surface area contributed by atoms with Crippen LogP contribution in [0.2, 0.25) is 0 Å². The molecule has 0 aromatic carbocycles. The van der Waals surface area contributed by atoms with Gasteiger partial charge < -0.3 is 39.2 Å². The maximum atomic E-state index is 14.2. The van der Waals surface area contributed by atoms with Crippen LogP contribution in [0.4, 0.5) is 0 Å². The Hall–Kier alpha value is -1.30. The average molecular weight is 578 g/mol. The van der Waals surface area contributed by atoms with Crippen molar-refractivity contribution >= 4 is 11.8 Å². The topological polar surface area (TPSA) is 108 Å². The molecule has 3 heterocycles. The summed E-state index contributed by atoms with van der Waals surface area (Å²) < 4.78 is 29.1. The van der Waals surface area contributed by atoms with Gasteiger partial charge in [0.25, 0.3) is 0 Å². The first-order valence-electron chi connectivity index (χ1n) is 16.0. The first-order chi connectivity index (χ1) is 20.0. The Morgan fingerprint density at radius 1 is 0.854 bits per heavy atom. The van der Waals surface area contributed by atoms with Gasteiger partial charge in [0, 0.05) is 47.1 Å². The standard InChI is InChI=1S/C31H51N3O7/c1-37-23-9-5-17(13-25(23)39-3)15-33-26(35)16-41-18-6-8-22-21(14-18)19-11-12-32-28-20-7-10-24(38-2)30(40-4)27(20)31(36)34(22)29(19)28/h17-25,27-30,32H,5-16H2,1-4H3,(H,33,35). The van der Waals surface area contributed by atoms with Gasteiger partial charge in [-0.15, -0.1) is 0 Å². The van der Waals surface area contributed by atoms with Crippen molar-refractivity contribution in [3.8, 4) is 0 Å². The summed E-state index contributed by atoms with van der Waals surface area (Å²) in [5.74, 6) is 1.70. The minimum atomic E-state index is -0.193. The predicted octanol–water partition coefficient (Wildman–Crippen LogP) is 1.75. The Bertz CT molecular complexity index is 937. The summed E-state index contributed by atoms with van der Waals surface area (Å²) in [5, 5.41) is 6.94. The number of hydrogen-bond donors (Lipinski definition) is 2. The molecule has 0 bridgehead atoms. The van der Waals surface area contributed by atoms with Gasteiger partial charge in [0.05, 0.1) is 42.5 Å². The maximum Gasteiger partial charge on any atom is 0.246 e. The third kappa shape index (κ3) is 5.46. The summed E-state index contributed by atoms with van der Waals surface area (Å²) in [6, 6.07) is 0.834. The highest BCUT2D eigenvalue weighted by molar-refractivity contribution is 5.83. The van der Waals surface area contributed by atoms with E-state index in [0.717, 1.165) is 64.3 Å². The third-order valence-electron chi connectivity index (χ3n) is 11.7. The fourth-order valence-electron chi connectivity index (χ4n) is 9.88. The van der Waals surface area contributed by atoms with E-state index in [1.165, 1.54) is 0 Å². The summed E-state index contributed by atoms with van der Waals surface area (Å²) in [6.45, 7) is 1.75. The van der Waals surface area contributed by atoms with Crippen LogP contribution in [0.1, 0.15) is 57.8 Å². The zero-order chi connectivity index (χ0) is 28.7. The molecule has 6 rings (SSSR count). The number of amides is 2. The Labute approximate surface area is 244 Å². The molecule has 3 aliphatic carbocycles. The molecule has 0 aromatic heterocycles. The quantitative estimate of drug-likeness (QED) is 0.427. The molecule has 3 saturated carbocycles. The van der Waals surface area contributed by atoms with Gasteiger partial charge in [-0.25, -0.2) is 0 Å². The van der Waals surface area contributed by atoms with Gasteiger partial charge in [0.2, 0.25) is 11.8 Å². The number of nitrogens with zero attached hydrogens (tertiary/aromatic N) is 1. The van der Waals surface area contributed by atoms with Crippen LogP contribution >= 0.6 is 0 Å². The van der Waals surface area contributed by atoms with Crippen LogP contribution in [0.15, 0.2) is 0 Å². The van der Waals surface area contributed by atoms with Crippen molar-refractivity contribution in [1.82, 2.24) is 15.5 Å². The maximum absolute atomic E-state index is 14.2. The van der Waals surface area contributed by atoms with Gasteiger partial charge in [-0.2, -0.15) is 0 Å². The smallest absolute Gasteiger partial charge is 0.246 e. The minimum absolute atomic E-state index is 0.0309. The van der Waals surface area contributed by atoms with Gasteiger partial charge in [-0.1, -0.05) is 0 Å². The van der Waals surface area contributed by atoms with E-state index in [1.807, 2.05) is 0 Å². The number of nitrogens with one attached hydrogen (secondary N) is 2. The van der Waals surface area contributed by atoms with Crippen molar-refractivity contribution in [2.45, 2.75) is 106 Å². The van der Waals surface area contributed by atoms with E-state index >= 15 is 0 Å². The second kappa shape index (κ2) is 12.7. The largest absolute Gasteiger partial charge is 0.379 e. The molecule has 2 N–H and O–H groups in total. The highest BCUT2D eigenvalue weighted by Crippen LogP contribution is 2.54. The van der Waals surface area contributed by atoms with E-state index in [2.05, 4.69) is 15.5 Å². The van der Waals surface area contributed by atoms with Crippen molar-refractivity contribution in [3.05, 3.63) is 0 Å². The van der Waals surface area contributed by atoms with Crippen molar-refractivity contribution in [1.29, 1.82) is 0 Å². The van der Waals surface area contributed by atoms with E-state index in [-0.39, 0.29) is 66.9 Å². The van der Waals surface area contributed by atoms with Gasteiger partial charge in [0.15, 0.2) is 0 Å². The Kier molecular flexibility index (Phi) is 9.25. The molecule has 2 amide bonds. The molecule has 10 heteroatoms. The monoisotopic (exact) mass is 577 g/mol. The fourth-order valence-corrected chi connectivity index (χ4v) is 9.88. The molecule has 6 aliphatic rings. The summed E-state index contributed by atoms with van der Waals surface area (Å²) in [4.78, 5) is 29.2. The second-order valence-corrected chi connectivity index (χ2v) is 13.4. The van der Waals surface area contributed by atoms with Crippen molar-refractivity contribution in [3.63, 3.8) is 0 Å². The molecule has 41 heavy (non-hydrogen) atoms. The molecule has 3 aliphatic heterocycles. The molecule has 0 spiro atoms. The molecule has 13 atom stereocenters. The molecule has 6 fully saturated rings. The molecular formula is C31H51N3O7. The number of ether oxygens (including phenoxy) is 5. The number of fused-ring (bicyclic) bond motifs is 5. The number of hydrogen-bond acceptors (Lipinski definition) is 8.